The SMILES string of the molecule is CN(C)c1ccc2c(c1COc1ccc3c(c1)OC[C@H]3CC(=O)O)OCO2. The zero-order chi connectivity index (χ0) is 19.0. The van der Waals surface area contributed by atoms with Crippen LogP contribution in [0.1, 0.15) is 23.5 Å². The van der Waals surface area contributed by atoms with Crippen LogP contribution in [0, 0.1) is 0 Å². The number of carboxylic acids is 1. The number of carboxylic acid groups (broad SMARTS) is 1. The van der Waals surface area contributed by atoms with Crippen molar-refractivity contribution in [2.24, 2.45) is 0 Å². The predicted octanol–water partition coefficient (Wildman–Crippen LogP) is 3.01. The Hall–Kier alpha value is -3.09. The largest absolute Gasteiger partial charge is 0.492 e. The van der Waals surface area contributed by atoms with Gasteiger partial charge in [0.05, 0.1) is 18.6 Å². The molecule has 2 aromatic carbocycles. The molecule has 0 aromatic heterocycles. The van der Waals surface area contributed by atoms with Gasteiger partial charge in [-0.15, -0.1) is 0 Å². The monoisotopic (exact) mass is 371 g/mol. The zero-order valence-corrected chi connectivity index (χ0v) is 15.2. The Balaban J connectivity index is 1.54. The van der Waals surface area contributed by atoms with Gasteiger partial charge in [0, 0.05) is 37.3 Å². The predicted molar refractivity (Wildman–Crippen MR) is 98.2 cm³/mol. The van der Waals surface area contributed by atoms with Crippen LogP contribution < -0.4 is 23.8 Å². The third-order valence-electron chi connectivity index (χ3n) is 4.77. The first-order valence-electron chi connectivity index (χ1n) is 8.73. The lowest BCUT2D eigenvalue weighted by Crippen LogP contribution is -2.13. The Morgan fingerprint density at radius 2 is 2.04 bits per heavy atom. The smallest absolute Gasteiger partial charge is 0.304 e. The van der Waals surface area contributed by atoms with E-state index in [1.165, 1.54) is 0 Å². The van der Waals surface area contributed by atoms with Crippen LogP contribution in [0.3, 0.4) is 0 Å². The topological polar surface area (TPSA) is 77.5 Å². The van der Waals surface area contributed by atoms with E-state index in [-0.39, 0.29) is 19.1 Å². The van der Waals surface area contributed by atoms with E-state index in [0.717, 1.165) is 16.8 Å². The average Bonchev–Trinajstić information content (AvgIpc) is 3.26. The van der Waals surface area contributed by atoms with Gasteiger partial charge in [-0.1, -0.05) is 6.07 Å². The van der Waals surface area contributed by atoms with Gasteiger partial charge in [0.25, 0.3) is 0 Å². The minimum absolute atomic E-state index is 0.0624. The highest BCUT2D eigenvalue weighted by atomic mass is 16.7. The first-order valence-corrected chi connectivity index (χ1v) is 8.73. The molecule has 7 heteroatoms. The van der Waals surface area contributed by atoms with Crippen molar-refractivity contribution in [2.45, 2.75) is 18.9 Å². The third kappa shape index (κ3) is 3.32. The molecule has 0 saturated carbocycles. The number of hydrogen-bond donors (Lipinski definition) is 1. The molecule has 0 amide bonds. The number of benzene rings is 2. The van der Waals surface area contributed by atoms with Gasteiger partial charge in [0.1, 0.15) is 18.1 Å². The fourth-order valence-corrected chi connectivity index (χ4v) is 3.46. The summed E-state index contributed by atoms with van der Waals surface area (Å²) in [6.45, 7) is 0.904. The normalized spacial score (nSPS) is 16.6. The highest BCUT2D eigenvalue weighted by Gasteiger charge is 2.27. The van der Waals surface area contributed by atoms with E-state index >= 15 is 0 Å². The average molecular weight is 371 g/mol. The molecule has 142 valence electrons. The summed E-state index contributed by atoms with van der Waals surface area (Å²) in [6, 6.07) is 9.42. The van der Waals surface area contributed by atoms with Crippen molar-refractivity contribution in [3.63, 3.8) is 0 Å². The van der Waals surface area contributed by atoms with Crippen LogP contribution in [-0.4, -0.2) is 38.6 Å². The molecule has 7 nitrogen and oxygen atoms in total. The number of hydrogen-bond acceptors (Lipinski definition) is 6. The summed E-state index contributed by atoms with van der Waals surface area (Å²) < 4.78 is 22.7. The molecule has 27 heavy (non-hydrogen) atoms. The molecule has 2 heterocycles. The van der Waals surface area contributed by atoms with Gasteiger partial charge in [-0.25, -0.2) is 0 Å². The van der Waals surface area contributed by atoms with Gasteiger partial charge in [-0.2, -0.15) is 0 Å². The maximum atomic E-state index is 11.0. The fraction of sp³-hybridized carbons (Fsp3) is 0.350. The van der Waals surface area contributed by atoms with E-state index in [1.807, 2.05) is 49.3 Å². The van der Waals surface area contributed by atoms with Crippen molar-refractivity contribution >= 4 is 11.7 Å². The van der Waals surface area contributed by atoms with Crippen molar-refractivity contribution in [1.82, 2.24) is 0 Å². The van der Waals surface area contributed by atoms with E-state index in [4.69, 9.17) is 24.1 Å². The van der Waals surface area contributed by atoms with Gasteiger partial charge in [0.15, 0.2) is 11.5 Å². The third-order valence-corrected chi connectivity index (χ3v) is 4.77. The van der Waals surface area contributed by atoms with Crippen molar-refractivity contribution in [1.29, 1.82) is 0 Å². The molecule has 0 aliphatic carbocycles. The Morgan fingerprint density at radius 1 is 1.19 bits per heavy atom. The molecular weight excluding hydrogens is 350 g/mol. The number of nitrogens with zero attached hydrogens (tertiary/aromatic N) is 1. The van der Waals surface area contributed by atoms with Gasteiger partial charge < -0.3 is 29.0 Å². The van der Waals surface area contributed by atoms with E-state index in [9.17, 15) is 4.79 Å². The van der Waals surface area contributed by atoms with Crippen molar-refractivity contribution in [3.8, 4) is 23.0 Å². The zero-order valence-electron chi connectivity index (χ0n) is 15.2. The van der Waals surface area contributed by atoms with Gasteiger partial charge in [-0.05, 0) is 18.2 Å². The molecule has 2 aliphatic rings. The summed E-state index contributed by atoms with van der Waals surface area (Å²) in [5, 5.41) is 9.01. The molecule has 0 saturated heterocycles. The summed E-state index contributed by atoms with van der Waals surface area (Å²) >= 11 is 0. The summed E-state index contributed by atoms with van der Waals surface area (Å²) in [5.41, 5.74) is 2.83. The standard InChI is InChI=1S/C20H21NO6/c1-21(2)16-5-6-17-20(27-11-26-17)15(16)10-24-13-3-4-14-12(7-19(22)23)9-25-18(14)8-13/h3-6,8,12H,7,9-11H2,1-2H3,(H,22,23)/t12-/m1/s1. The lowest BCUT2D eigenvalue weighted by atomic mass is 9.98. The molecule has 0 bridgehead atoms. The van der Waals surface area contributed by atoms with Crippen molar-refractivity contribution < 1.29 is 28.8 Å². The van der Waals surface area contributed by atoms with Gasteiger partial charge in [-0.3, -0.25) is 4.79 Å². The summed E-state index contributed by atoms with van der Waals surface area (Å²) in [7, 11) is 3.93. The van der Waals surface area contributed by atoms with Crippen LogP contribution >= 0.6 is 0 Å². The summed E-state index contributed by atoms with van der Waals surface area (Å²) in [4.78, 5) is 13.0. The van der Waals surface area contributed by atoms with Gasteiger partial charge in [0.2, 0.25) is 6.79 Å². The molecule has 1 atom stereocenters. The minimum Gasteiger partial charge on any atom is -0.492 e. The number of aliphatic carboxylic acids is 1. The summed E-state index contributed by atoms with van der Waals surface area (Å²) in [6.07, 6.45) is 0.0624. The Morgan fingerprint density at radius 3 is 2.81 bits per heavy atom. The van der Waals surface area contributed by atoms with Crippen LogP contribution in [0.4, 0.5) is 5.69 Å². The summed E-state index contributed by atoms with van der Waals surface area (Å²) in [5.74, 6) is 1.83. The molecule has 4 rings (SSSR count). The number of ether oxygens (including phenoxy) is 4. The second kappa shape index (κ2) is 6.90. The van der Waals surface area contributed by atoms with Gasteiger partial charge >= 0.3 is 5.97 Å². The van der Waals surface area contributed by atoms with Crippen LogP contribution in [0.2, 0.25) is 0 Å². The quantitative estimate of drug-likeness (QED) is 0.836. The van der Waals surface area contributed by atoms with Crippen molar-refractivity contribution in [2.75, 3.05) is 32.4 Å². The first-order chi connectivity index (χ1) is 13.0. The number of carbonyl (C=O) groups is 1. The Labute approximate surface area is 157 Å². The highest BCUT2D eigenvalue weighted by molar-refractivity contribution is 5.69. The second-order valence-electron chi connectivity index (χ2n) is 6.79. The van der Waals surface area contributed by atoms with Crippen LogP contribution in [0.15, 0.2) is 30.3 Å². The van der Waals surface area contributed by atoms with E-state index in [1.54, 1.807) is 0 Å². The lowest BCUT2D eigenvalue weighted by molar-refractivity contribution is -0.137. The number of anilines is 1. The molecule has 0 fully saturated rings. The minimum atomic E-state index is -0.826. The van der Waals surface area contributed by atoms with Crippen LogP contribution in [0.25, 0.3) is 0 Å². The Bertz CT molecular complexity index is 879. The fourth-order valence-electron chi connectivity index (χ4n) is 3.46. The van der Waals surface area contributed by atoms with E-state index < -0.39 is 5.97 Å². The molecule has 2 aromatic rings. The Kier molecular flexibility index (Phi) is 4.43. The van der Waals surface area contributed by atoms with E-state index in [0.29, 0.717) is 36.2 Å². The molecule has 1 N–H and O–H groups in total. The van der Waals surface area contributed by atoms with Crippen molar-refractivity contribution in [3.05, 3.63) is 41.5 Å². The molecule has 0 unspecified atom stereocenters. The molecular formula is C20H21NO6. The molecule has 0 radical (unpaired) electrons. The van der Waals surface area contributed by atoms with Crippen LogP contribution in [0.5, 0.6) is 23.0 Å². The maximum Gasteiger partial charge on any atom is 0.304 e. The molecule has 0 spiro atoms. The van der Waals surface area contributed by atoms with Crippen LogP contribution in [-0.2, 0) is 11.4 Å². The lowest BCUT2D eigenvalue weighted by Gasteiger charge is -2.19. The maximum absolute atomic E-state index is 11.0. The number of rotatable bonds is 6. The number of fused-ring (bicyclic) bond motifs is 2. The second-order valence-corrected chi connectivity index (χ2v) is 6.79. The van der Waals surface area contributed by atoms with E-state index in [2.05, 4.69) is 0 Å². The molecule has 2 aliphatic heterocycles. The highest BCUT2D eigenvalue weighted by Crippen LogP contribution is 2.42. The first kappa shape index (κ1) is 17.3.